The summed E-state index contributed by atoms with van der Waals surface area (Å²) in [7, 11) is 0. The summed E-state index contributed by atoms with van der Waals surface area (Å²) in [5.41, 5.74) is -0.0870. The minimum atomic E-state index is -0.0870. The Kier molecular flexibility index (Phi) is 5.47. The second-order valence-corrected chi connectivity index (χ2v) is 5.24. The van der Waals surface area contributed by atoms with Gasteiger partial charge in [0.15, 0.2) is 0 Å². The summed E-state index contributed by atoms with van der Waals surface area (Å²) in [6.07, 6.45) is 8.34. The first-order valence-electron chi connectivity index (χ1n) is 6.91. The molecule has 1 aliphatic carbocycles. The van der Waals surface area contributed by atoms with Gasteiger partial charge in [-0.05, 0) is 38.6 Å². The molecule has 0 bridgehead atoms. The molecule has 0 saturated heterocycles. The Labute approximate surface area is 100 Å². The van der Waals surface area contributed by atoms with E-state index in [4.69, 9.17) is 0 Å². The zero-order valence-electron chi connectivity index (χ0n) is 11.2. The average Bonchev–Trinajstić information content (AvgIpc) is 3.15. The van der Waals surface area contributed by atoms with E-state index in [1.54, 1.807) is 0 Å². The summed E-state index contributed by atoms with van der Waals surface area (Å²) >= 11 is 0. The smallest absolute Gasteiger partial charge is 0.127 e. The van der Waals surface area contributed by atoms with Crippen molar-refractivity contribution >= 4 is 6.29 Å². The molecule has 1 saturated carbocycles. The number of carbonyl (C=O) groups is 1. The molecule has 0 atom stereocenters. The van der Waals surface area contributed by atoms with Crippen molar-refractivity contribution in [3.63, 3.8) is 0 Å². The molecule has 0 amide bonds. The molecule has 2 nitrogen and oxygen atoms in total. The van der Waals surface area contributed by atoms with Gasteiger partial charge in [-0.15, -0.1) is 0 Å². The van der Waals surface area contributed by atoms with Crippen molar-refractivity contribution in [1.82, 2.24) is 4.90 Å². The zero-order chi connectivity index (χ0) is 12.0. The van der Waals surface area contributed by atoms with Gasteiger partial charge in [0.25, 0.3) is 0 Å². The van der Waals surface area contributed by atoms with E-state index in [-0.39, 0.29) is 5.41 Å². The van der Waals surface area contributed by atoms with Gasteiger partial charge in [-0.25, -0.2) is 0 Å². The van der Waals surface area contributed by atoms with E-state index in [0.29, 0.717) is 0 Å². The maximum atomic E-state index is 11.3. The summed E-state index contributed by atoms with van der Waals surface area (Å²) < 4.78 is 0. The topological polar surface area (TPSA) is 20.3 Å². The van der Waals surface area contributed by atoms with E-state index < -0.39 is 0 Å². The standard InChI is InChI=1S/C14H27NO/c1-4-7-10-15(13-8-9-13)11-14(5-2,6-3)12-16/h12-13H,4-11H2,1-3H3. The number of aldehydes is 1. The number of hydrogen-bond donors (Lipinski definition) is 0. The first-order chi connectivity index (χ1) is 7.71. The molecule has 2 heteroatoms. The van der Waals surface area contributed by atoms with Gasteiger partial charge in [0.1, 0.15) is 6.29 Å². The van der Waals surface area contributed by atoms with Crippen molar-refractivity contribution in [3.8, 4) is 0 Å². The largest absolute Gasteiger partial charge is 0.303 e. The summed E-state index contributed by atoms with van der Waals surface area (Å²) in [4.78, 5) is 13.9. The molecule has 0 radical (unpaired) electrons. The van der Waals surface area contributed by atoms with Crippen LogP contribution in [0.2, 0.25) is 0 Å². The fourth-order valence-corrected chi connectivity index (χ4v) is 2.27. The van der Waals surface area contributed by atoms with Crippen LogP contribution in [0, 0.1) is 5.41 Å². The maximum absolute atomic E-state index is 11.3. The minimum absolute atomic E-state index is 0.0870. The average molecular weight is 225 g/mol. The van der Waals surface area contributed by atoms with Crippen molar-refractivity contribution in [3.05, 3.63) is 0 Å². The van der Waals surface area contributed by atoms with Crippen LogP contribution in [-0.2, 0) is 4.79 Å². The van der Waals surface area contributed by atoms with Crippen LogP contribution in [-0.4, -0.2) is 30.3 Å². The fourth-order valence-electron chi connectivity index (χ4n) is 2.27. The second-order valence-electron chi connectivity index (χ2n) is 5.24. The van der Waals surface area contributed by atoms with Crippen LogP contribution in [0.15, 0.2) is 0 Å². The Balaban J connectivity index is 2.53. The molecule has 1 rings (SSSR count). The van der Waals surface area contributed by atoms with Crippen molar-refractivity contribution < 1.29 is 4.79 Å². The van der Waals surface area contributed by atoms with Crippen LogP contribution >= 0.6 is 0 Å². The van der Waals surface area contributed by atoms with Crippen LogP contribution in [0.3, 0.4) is 0 Å². The van der Waals surface area contributed by atoms with Crippen LogP contribution in [0.25, 0.3) is 0 Å². The molecule has 0 heterocycles. The lowest BCUT2D eigenvalue weighted by Crippen LogP contribution is -2.40. The Morgan fingerprint density at radius 2 is 1.88 bits per heavy atom. The summed E-state index contributed by atoms with van der Waals surface area (Å²) in [6.45, 7) is 8.67. The highest BCUT2D eigenvalue weighted by Gasteiger charge is 2.35. The van der Waals surface area contributed by atoms with E-state index in [0.717, 1.165) is 25.4 Å². The SMILES string of the molecule is CCCCN(CC(C=O)(CC)CC)C1CC1. The van der Waals surface area contributed by atoms with Crippen molar-refractivity contribution in [2.75, 3.05) is 13.1 Å². The highest BCUT2D eigenvalue weighted by Crippen LogP contribution is 2.32. The number of nitrogens with zero attached hydrogens (tertiary/aromatic N) is 1. The molecule has 0 aromatic carbocycles. The van der Waals surface area contributed by atoms with Crippen LogP contribution in [0.1, 0.15) is 59.3 Å². The van der Waals surface area contributed by atoms with Crippen LogP contribution in [0.4, 0.5) is 0 Å². The number of carbonyl (C=O) groups excluding carboxylic acids is 1. The highest BCUT2D eigenvalue weighted by atomic mass is 16.1. The first-order valence-corrected chi connectivity index (χ1v) is 6.91. The van der Waals surface area contributed by atoms with E-state index in [2.05, 4.69) is 25.7 Å². The fraction of sp³-hybridized carbons (Fsp3) is 0.929. The van der Waals surface area contributed by atoms with Gasteiger partial charge in [-0.1, -0.05) is 27.2 Å². The molecule has 0 N–H and O–H groups in total. The molecule has 0 aliphatic heterocycles. The van der Waals surface area contributed by atoms with Gasteiger partial charge in [0.2, 0.25) is 0 Å². The third kappa shape index (κ3) is 3.58. The molecule has 0 unspecified atom stereocenters. The Bertz CT molecular complexity index is 207. The quantitative estimate of drug-likeness (QED) is 0.561. The van der Waals surface area contributed by atoms with E-state index in [9.17, 15) is 4.79 Å². The van der Waals surface area contributed by atoms with E-state index in [1.165, 1.54) is 38.5 Å². The van der Waals surface area contributed by atoms with Gasteiger partial charge in [0, 0.05) is 18.0 Å². The minimum Gasteiger partial charge on any atom is -0.303 e. The van der Waals surface area contributed by atoms with Gasteiger partial charge < -0.3 is 4.79 Å². The van der Waals surface area contributed by atoms with Crippen molar-refractivity contribution in [2.45, 2.75) is 65.3 Å². The monoisotopic (exact) mass is 225 g/mol. The highest BCUT2D eigenvalue weighted by molar-refractivity contribution is 5.59. The van der Waals surface area contributed by atoms with Crippen molar-refractivity contribution in [1.29, 1.82) is 0 Å². The van der Waals surface area contributed by atoms with E-state index >= 15 is 0 Å². The van der Waals surface area contributed by atoms with Gasteiger partial charge >= 0.3 is 0 Å². The molecule has 0 aromatic rings. The molecule has 0 spiro atoms. The Hall–Kier alpha value is -0.370. The molecule has 0 aromatic heterocycles. The lowest BCUT2D eigenvalue weighted by atomic mass is 9.83. The second kappa shape index (κ2) is 6.39. The Morgan fingerprint density at radius 3 is 2.25 bits per heavy atom. The number of rotatable bonds is 9. The van der Waals surface area contributed by atoms with Gasteiger partial charge in [-0.3, -0.25) is 4.90 Å². The number of unbranched alkanes of at least 4 members (excludes halogenated alkanes) is 1. The summed E-state index contributed by atoms with van der Waals surface area (Å²) in [6, 6.07) is 0.781. The lowest BCUT2D eigenvalue weighted by molar-refractivity contribution is -0.117. The predicted octanol–water partition coefficient (Wildman–Crippen LogP) is 3.26. The Morgan fingerprint density at radius 1 is 1.25 bits per heavy atom. The maximum Gasteiger partial charge on any atom is 0.127 e. The lowest BCUT2D eigenvalue weighted by Gasteiger charge is -2.33. The molecular formula is C14H27NO. The molecule has 94 valence electrons. The van der Waals surface area contributed by atoms with Crippen molar-refractivity contribution in [2.24, 2.45) is 5.41 Å². The third-order valence-electron chi connectivity index (χ3n) is 4.04. The normalized spacial score (nSPS) is 16.8. The summed E-state index contributed by atoms with van der Waals surface area (Å²) in [5, 5.41) is 0. The third-order valence-corrected chi connectivity index (χ3v) is 4.04. The summed E-state index contributed by atoms with van der Waals surface area (Å²) in [5.74, 6) is 0. The molecular weight excluding hydrogens is 198 g/mol. The number of hydrogen-bond acceptors (Lipinski definition) is 2. The van der Waals surface area contributed by atoms with Gasteiger partial charge in [-0.2, -0.15) is 0 Å². The molecule has 1 fully saturated rings. The first kappa shape index (κ1) is 13.7. The van der Waals surface area contributed by atoms with E-state index in [1.807, 2.05) is 0 Å². The molecule has 16 heavy (non-hydrogen) atoms. The van der Waals surface area contributed by atoms with Gasteiger partial charge in [0.05, 0.1) is 0 Å². The zero-order valence-corrected chi connectivity index (χ0v) is 11.2. The van der Waals surface area contributed by atoms with Crippen LogP contribution < -0.4 is 0 Å². The molecule has 1 aliphatic rings. The predicted molar refractivity (Wildman–Crippen MR) is 68.6 cm³/mol. The van der Waals surface area contributed by atoms with Crippen LogP contribution in [0.5, 0.6) is 0 Å².